The van der Waals surface area contributed by atoms with Gasteiger partial charge in [0.25, 0.3) is 0 Å². The van der Waals surface area contributed by atoms with E-state index >= 15 is 0 Å². The fourth-order valence-corrected chi connectivity index (χ4v) is 3.74. The van der Waals surface area contributed by atoms with Gasteiger partial charge in [-0.3, -0.25) is 0 Å². The molecule has 0 saturated carbocycles. The first-order chi connectivity index (χ1) is 13.0. The Morgan fingerprint density at radius 1 is 1.11 bits per heavy atom. The number of aromatic nitrogens is 3. The molecular weight excluding hydrogens is 344 g/mol. The predicted octanol–water partition coefficient (Wildman–Crippen LogP) is 2.60. The van der Waals surface area contributed by atoms with E-state index in [9.17, 15) is 5.11 Å². The first-order valence-corrected chi connectivity index (χ1v) is 9.04. The van der Waals surface area contributed by atoms with Crippen molar-refractivity contribution in [2.24, 2.45) is 0 Å². The van der Waals surface area contributed by atoms with Gasteiger partial charge in [0.15, 0.2) is 17.1 Å². The highest BCUT2D eigenvalue weighted by molar-refractivity contribution is 5.76. The van der Waals surface area contributed by atoms with Gasteiger partial charge in [0.05, 0.1) is 43.1 Å². The summed E-state index contributed by atoms with van der Waals surface area (Å²) in [5.74, 6) is 1.35. The topological polar surface area (TPSA) is 72.1 Å². The highest BCUT2D eigenvalue weighted by atomic mass is 16.5. The Morgan fingerprint density at radius 3 is 2.56 bits per heavy atom. The summed E-state index contributed by atoms with van der Waals surface area (Å²) >= 11 is 0. The molecule has 0 aliphatic carbocycles. The van der Waals surface area contributed by atoms with Crippen molar-refractivity contribution >= 4 is 11.3 Å². The summed E-state index contributed by atoms with van der Waals surface area (Å²) in [6, 6.07) is 7.86. The van der Waals surface area contributed by atoms with Crippen LogP contribution in [0.5, 0.6) is 11.5 Å². The number of fused-ring (bicyclic) bond motifs is 1. The summed E-state index contributed by atoms with van der Waals surface area (Å²) < 4.78 is 12.7. The predicted molar refractivity (Wildman–Crippen MR) is 104 cm³/mol. The molecule has 2 aromatic heterocycles. The zero-order valence-electron chi connectivity index (χ0n) is 16.1. The maximum Gasteiger partial charge on any atom is 0.178 e. The maximum atomic E-state index is 9.94. The lowest BCUT2D eigenvalue weighted by Gasteiger charge is -2.19. The zero-order chi connectivity index (χ0) is 19.1. The third kappa shape index (κ3) is 2.98. The second kappa shape index (κ2) is 6.74. The Kier molecular flexibility index (Phi) is 4.39. The highest BCUT2D eigenvalue weighted by Gasteiger charge is 2.25. The number of hydrogen-bond acceptors (Lipinski definition) is 6. The van der Waals surface area contributed by atoms with Crippen molar-refractivity contribution in [3.05, 3.63) is 35.7 Å². The number of aliphatic hydroxyl groups excluding tert-OH is 1. The number of ether oxygens (including phenoxy) is 2. The lowest BCUT2D eigenvalue weighted by Crippen LogP contribution is -2.22. The van der Waals surface area contributed by atoms with Crippen molar-refractivity contribution in [3.8, 4) is 22.8 Å². The lowest BCUT2D eigenvalue weighted by molar-refractivity contribution is 0.198. The van der Waals surface area contributed by atoms with Gasteiger partial charge in [-0.2, -0.15) is 5.10 Å². The van der Waals surface area contributed by atoms with Gasteiger partial charge in [0.2, 0.25) is 0 Å². The summed E-state index contributed by atoms with van der Waals surface area (Å²) in [5, 5.41) is 14.7. The van der Waals surface area contributed by atoms with Crippen molar-refractivity contribution in [2.75, 3.05) is 32.2 Å². The van der Waals surface area contributed by atoms with Crippen LogP contribution < -0.4 is 14.4 Å². The van der Waals surface area contributed by atoms with Crippen LogP contribution in [0, 0.1) is 13.8 Å². The molecule has 1 aromatic carbocycles. The molecule has 1 aliphatic rings. The van der Waals surface area contributed by atoms with Crippen molar-refractivity contribution in [2.45, 2.75) is 26.4 Å². The molecule has 0 bridgehead atoms. The molecule has 4 rings (SSSR count). The first kappa shape index (κ1) is 17.6. The minimum atomic E-state index is -0.292. The van der Waals surface area contributed by atoms with Crippen molar-refractivity contribution in [1.29, 1.82) is 0 Å². The largest absolute Gasteiger partial charge is 0.493 e. The van der Waals surface area contributed by atoms with Crippen LogP contribution >= 0.6 is 0 Å². The summed E-state index contributed by atoms with van der Waals surface area (Å²) in [6.07, 6.45) is 0.482. The molecule has 3 aromatic rings. The Hall–Kier alpha value is -2.80. The second-order valence-corrected chi connectivity index (χ2v) is 6.91. The van der Waals surface area contributed by atoms with Gasteiger partial charge in [-0.15, -0.1) is 0 Å². The number of benzene rings is 1. The molecule has 0 unspecified atom stereocenters. The number of β-amino-alcohol motifs (C(OH)–C–C–N with tert-alkyl or cyclic N) is 1. The van der Waals surface area contributed by atoms with E-state index in [1.807, 2.05) is 42.6 Å². The molecule has 7 nitrogen and oxygen atoms in total. The Bertz CT molecular complexity index is 999. The number of anilines is 1. The van der Waals surface area contributed by atoms with E-state index in [0.717, 1.165) is 46.9 Å². The number of methoxy groups -OCH3 is 2. The molecular formula is C20H24N4O3. The van der Waals surface area contributed by atoms with Crippen molar-refractivity contribution < 1.29 is 14.6 Å². The van der Waals surface area contributed by atoms with Gasteiger partial charge in [-0.05, 0) is 44.5 Å². The van der Waals surface area contributed by atoms with E-state index < -0.39 is 0 Å². The first-order valence-electron chi connectivity index (χ1n) is 9.04. The van der Waals surface area contributed by atoms with E-state index in [1.165, 1.54) is 0 Å². The average Bonchev–Trinajstić information content (AvgIpc) is 3.23. The van der Waals surface area contributed by atoms with Crippen LogP contribution in [-0.4, -0.2) is 53.1 Å². The maximum absolute atomic E-state index is 9.94. The van der Waals surface area contributed by atoms with Gasteiger partial charge in [0, 0.05) is 18.7 Å². The fourth-order valence-electron chi connectivity index (χ4n) is 3.74. The molecule has 1 aliphatic heterocycles. The SMILES string of the molecule is COc1ccc(-c2c(C)nc3c(N4CC[C@H](O)C4)cc(C)nn23)cc1OC. The zero-order valence-corrected chi connectivity index (χ0v) is 16.1. The van der Waals surface area contributed by atoms with Crippen LogP contribution in [0.4, 0.5) is 5.69 Å². The third-order valence-corrected chi connectivity index (χ3v) is 5.02. The number of rotatable bonds is 4. The third-order valence-electron chi connectivity index (χ3n) is 5.02. The number of aryl methyl sites for hydroxylation is 2. The average molecular weight is 368 g/mol. The minimum absolute atomic E-state index is 0.292. The summed E-state index contributed by atoms with van der Waals surface area (Å²) in [6.45, 7) is 5.40. The van der Waals surface area contributed by atoms with Gasteiger partial charge in [0.1, 0.15) is 0 Å². The van der Waals surface area contributed by atoms with Crippen LogP contribution in [0.2, 0.25) is 0 Å². The molecule has 0 amide bonds. The molecule has 0 radical (unpaired) electrons. The Balaban J connectivity index is 1.90. The Morgan fingerprint density at radius 2 is 1.89 bits per heavy atom. The number of nitrogens with zero attached hydrogens (tertiary/aromatic N) is 4. The van der Waals surface area contributed by atoms with Crippen molar-refractivity contribution in [1.82, 2.24) is 14.6 Å². The van der Waals surface area contributed by atoms with E-state index in [4.69, 9.17) is 19.6 Å². The monoisotopic (exact) mass is 368 g/mol. The smallest absolute Gasteiger partial charge is 0.178 e. The van der Waals surface area contributed by atoms with Gasteiger partial charge < -0.3 is 19.5 Å². The standard InChI is InChI=1S/C20H24N4O3/c1-12-9-16(23-8-7-15(25)11-23)20-21-13(2)19(24(20)22-12)14-5-6-17(26-3)18(10-14)27-4/h5-6,9-10,15,25H,7-8,11H2,1-4H3/t15-/m0/s1. The highest BCUT2D eigenvalue weighted by Crippen LogP contribution is 2.35. The minimum Gasteiger partial charge on any atom is -0.493 e. The van der Waals surface area contributed by atoms with Gasteiger partial charge >= 0.3 is 0 Å². The van der Waals surface area contributed by atoms with Gasteiger partial charge in [-0.25, -0.2) is 9.50 Å². The van der Waals surface area contributed by atoms with Crippen LogP contribution in [-0.2, 0) is 0 Å². The van der Waals surface area contributed by atoms with E-state index in [2.05, 4.69) is 4.90 Å². The molecule has 1 saturated heterocycles. The molecule has 1 N–H and O–H groups in total. The molecule has 142 valence electrons. The second-order valence-electron chi connectivity index (χ2n) is 6.91. The summed E-state index contributed by atoms with van der Waals surface area (Å²) in [4.78, 5) is 6.98. The van der Waals surface area contributed by atoms with E-state index in [-0.39, 0.29) is 6.10 Å². The Labute approximate surface area is 158 Å². The van der Waals surface area contributed by atoms with Crippen LogP contribution in [0.3, 0.4) is 0 Å². The molecule has 3 heterocycles. The van der Waals surface area contributed by atoms with Crippen LogP contribution in [0.1, 0.15) is 17.8 Å². The molecule has 27 heavy (non-hydrogen) atoms. The van der Waals surface area contributed by atoms with Crippen LogP contribution in [0.15, 0.2) is 24.3 Å². The normalized spacial score (nSPS) is 16.9. The number of aliphatic hydroxyl groups is 1. The number of hydrogen-bond donors (Lipinski definition) is 1. The quantitative estimate of drug-likeness (QED) is 0.763. The lowest BCUT2D eigenvalue weighted by atomic mass is 10.1. The molecule has 0 spiro atoms. The van der Waals surface area contributed by atoms with E-state index in [1.54, 1.807) is 14.2 Å². The summed E-state index contributed by atoms with van der Waals surface area (Å²) in [5.41, 5.74) is 5.49. The fraction of sp³-hybridized carbons (Fsp3) is 0.400. The van der Waals surface area contributed by atoms with Crippen LogP contribution in [0.25, 0.3) is 16.9 Å². The van der Waals surface area contributed by atoms with Gasteiger partial charge in [-0.1, -0.05) is 0 Å². The number of imidazole rings is 1. The molecule has 7 heteroatoms. The summed E-state index contributed by atoms with van der Waals surface area (Å²) in [7, 11) is 3.25. The molecule has 1 fully saturated rings. The van der Waals surface area contributed by atoms with E-state index in [0.29, 0.717) is 18.0 Å². The molecule has 1 atom stereocenters. The van der Waals surface area contributed by atoms with Crippen molar-refractivity contribution in [3.63, 3.8) is 0 Å².